The summed E-state index contributed by atoms with van der Waals surface area (Å²) < 4.78 is 13.7. The zero-order valence-electron chi connectivity index (χ0n) is 11.3. The molecule has 110 valence electrons. The second-order valence-corrected chi connectivity index (χ2v) is 6.00. The number of nitro benzene ring substituents is 2. The van der Waals surface area contributed by atoms with Gasteiger partial charge in [-0.2, -0.15) is 0 Å². The molecule has 8 heteroatoms. The number of halogens is 1. The number of hydrogen-bond donors (Lipinski definition) is 0. The van der Waals surface area contributed by atoms with Crippen molar-refractivity contribution in [3.8, 4) is 0 Å². The molecule has 0 aliphatic heterocycles. The summed E-state index contributed by atoms with van der Waals surface area (Å²) in [5.41, 5.74) is -2.05. The fourth-order valence-electron chi connectivity index (χ4n) is 1.30. The first-order valence-electron chi connectivity index (χ1n) is 5.87. The van der Waals surface area contributed by atoms with Crippen LogP contribution in [0.2, 0.25) is 0 Å². The fraction of sp³-hybridized carbons (Fsp3) is 0.500. The lowest BCUT2D eigenvalue weighted by Crippen LogP contribution is -2.25. The number of hydrogen-bond acceptors (Lipinski definition) is 5. The van der Waals surface area contributed by atoms with Crippen LogP contribution in [0.4, 0.5) is 15.8 Å². The van der Waals surface area contributed by atoms with Crippen molar-refractivity contribution in [3.05, 3.63) is 38.4 Å². The zero-order chi connectivity index (χ0) is 15.5. The molecule has 1 atom stereocenters. The Labute approximate surface area is 119 Å². The smallest absolute Gasteiger partial charge is 0.258 e. The van der Waals surface area contributed by atoms with E-state index in [1.807, 2.05) is 0 Å². The SMILES string of the molecule is CC(CSc1ccc([N+](=O)[O-])cc1[N+](=O)[O-])C(C)(C)F. The summed E-state index contributed by atoms with van der Waals surface area (Å²) in [4.78, 5) is 20.5. The summed E-state index contributed by atoms with van der Waals surface area (Å²) in [6.07, 6.45) is 0. The van der Waals surface area contributed by atoms with Crippen molar-refractivity contribution >= 4 is 23.1 Å². The van der Waals surface area contributed by atoms with Gasteiger partial charge in [0.15, 0.2) is 0 Å². The number of alkyl halides is 1. The first-order chi connectivity index (χ1) is 9.12. The molecule has 0 radical (unpaired) electrons. The van der Waals surface area contributed by atoms with Crippen molar-refractivity contribution in [3.63, 3.8) is 0 Å². The van der Waals surface area contributed by atoms with Crippen LogP contribution in [0.25, 0.3) is 0 Å². The highest BCUT2D eigenvalue weighted by molar-refractivity contribution is 7.99. The highest BCUT2D eigenvalue weighted by Gasteiger charge is 2.26. The normalized spacial score (nSPS) is 13.0. The topological polar surface area (TPSA) is 86.3 Å². The van der Waals surface area contributed by atoms with Gasteiger partial charge in [0.05, 0.1) is 20.8 Å². The Balaban J connectivity index is 2.95. The third-order valence-electron chi connectivity index (χ3n) is 3.01. The standard InChI is InChI=1S/C12H15FN2O4S/c1-8(12(2,3)13)7-20-11-5-4-9(14(16)17)6-10(11)15(18)19/h4-6,8H,7H2,1-3H3. The lowest BCUT2D eigenvalue weighted by molar-refractivity contribution is -0.396. The quantitative estimate of drug-likeness (QED) is 0.450. The number of non-ortho nitro benzene ring substituents is 1. The van der Waals surface area contributed by atoms with Gasteiger partial charge in [-0.1, -0.05) is 6.92 Å². The Kier molecular flexibility index (Phi) is 5.04. The summed E-state index contributed by atoms with van der Waals surface area (Å²) in [5, 5.41) is 21.5. The van der Waals surface area contributed by atoms with Crippen LogP contribution < -0.4 is 0 Å². The van der Waals surface area contributed by atoms with E-state index < -0.39 is 15.5 Å². The average molecular weight is 302 g/mol. The second kappa shape index (κ2) is 6.17. The fourth-order valence-corrected chi connectivity index (χ4v) is 2.57. The van der Waals surface area contributed by atoms with Crippen molar-refractivity contribution in [1.29, 1.82) is 0 Å². The Morgan fingerprint density at radius 3 is 2.35 bits per heavy atom. The molecular weight excluding hydrogens is 287 g/mol. The van der Waals surface area contributed by atoms with Crippen LogP contribution in [-0.2, 0) is 0 Å². The Morgan fingerprint density at radius 2 is 1.90 bits per heavy atom. The minimum Gasteiger partial charge on any atom is -0.258 e. The van der Waals surface area contributed by atoms with Gasteiger partial charge in [0, 0.05) is 11.8 Å². The van der Waals surface area contributed by atoms with Crippen molar-refractivity contribution in [2.45, 2.75) is 31.3 Å². The van der Waals surface area contributed by atoms with Gasteiger partial charge in [0.2, 0.25) is 0 Å². The van der Waals surface area contributed by atoms with Gasteiger partial charge >= 0.3 is 0 Å². The van der Waals surface area contributed by atoms with Crippen molar-refractivity contribution < 1.29 is 14.2 Å². The minimum absolute atomic E-state index is 0.302. The highest BCUT2D eigenvalue weighted by Crippen LogP contribution is 2.35. The van der Waals surface area contributed by atoms with E-state index in [9.17, 15) is 24.6 Å². The van der Waals surface area contributed by atoms with Gasteiger partial charge in [0.25, 0.3) is 11.4 Å². The van der Waals surface area contributed by atoms with Gasteiger partial charge in [0.1, 0.15) is 5.67 Å². The second-order valence-electron chi connectivity index (χ2n) is 4.94. The van der Waals surface area contributed by atoms with Gasteiger partial charge in [-0.3, -0.25) is 20.2 Å². The van der Waals surface area contributed by atoms with Crippen molar-refractivity contribution in [2.75, 3.05) is 5.75 Å². The molecule has 0 bridgehead atoms. The molecule has 6 nitrogen and oxygen atoms in total. The largest absolute Gasteiger partial charge is 0.289 e. The van der Waals surface area contributed by atoms with Crippen LogP contribution in [0.1, 0.15) is 20.8 Å². The molecule has 1 unspecified atom stereocenters. The summed E-state index contributed by atoms with van der Waals surface area (Å²) >= 11 is 1.13. The van der Waals surface area contributed by atoms with Crippen LogP contribution in [0.15, 0.2) is 23.1 Å². The molecule has 0 saturated carbocycles. The van der Waals surface area contributed by atoms with E-state index in [0.717, 1.165) is 17.8 Å². The van der Waals surface area contributed by atoms with E-state index in [1.54, 1.807) is 6.92 Å². The van der Waals surface area contributed by atoms with E-state index >= 15 is 0 Å². The molecule has 0 aromatic heterocycles. The van der Waals surface area contributed by atoms with E-state index in [-0.39, 0.29) is 17.3 Å². The maximum atomic E-state index is 13.7. The predicted molar refractivity (Wildman–Crippen MR) is 74.8 cm³/mol. The van der Waals surface area contributed by atoms with E-state index in [4.69, 9.17) is 0 Å². The summed E-state index contributed by atoms with van der Waals surface area (Å²) in [6, 6.07) is 3.47. The molecule has 0 aliphatic rings. The number of rotatable bonds is 6. The summed E-state index contributed by atoms with van der Waals surface area (Å²) in [7, 11) is 0. The monoisotopic (exact) mass is 302 g/mol. The molecule has 0 amide bonds. The molecule has 20 heavy (non-hydrogen) atoms. The van der Waals surface area contributed by atoms with E-state index in [1.165, 1.54) is 26.0 Å². The number of thioether (sulfide) groups is 1. The van der Waals surface area contributed by atoms with Crippen molar-refractivity contribution in [1.82, 2.24) is 0 Å². The molecule has 1 aromatic rings. The molecule has 1 aromatic carbocycles. The molecule has 0 spiro atoms. The van der Waals surface area contributed by atoms with Gasteiger partial charge in [-0.25, -0.2) is 4.39 Å². The average Bonchev–Trinajstić information content (AvgIpc) is 2.34. The van der Waals surface area contributed by atoms with Gasteiger partial charge < -0.3 is 0 Å². The van der Waals surface area contributed by atoms with Gasteiger partial charge in [-0.15, -0.1) is 11.8 Å². The Hall–Kier alpha value is -1.70. The van der Waals surface area contributed by atoms with E-state index in [2.05, 4.69) is 0 Å². The number of nitrogens with zero attached hydrogens (tertiary/aromatic N) is 2. The minimum atomic E-state index is -1.39. The summed E-state index contributed by atoms with van der Waals surface area (Å²) in [6.45, 7) is 4.61. The van der Waals surface area contributed by atoms with Gasteiger partial charge in [-0.05, 0) is 25.8 Å². The molecule has 0 aliphatic carbocycles. The first kappa shape index (κ1) is 16.4. The number of nitro groups is 2. The molecule has 0 heterocycles. The maximum absolute atomic E-state index is 13.7. The third-order valence-corrected chi connectivity index (χ3v) is 4.33. The molecule has 0 N–H and O–H groups in total. The third kappa shape index (κ3) is 4.16. The predicted octanol–water partition coefficient (Wildman–Crippen LogP) is 3.98. The Morgan fingerprint density at radius 1 is 1.30 bits per heavy atom. The van der Waals surface area contributed by atoms with Crippen LogP contribution in [-0.4, -0.2) is 21.3 Å². The van der Waals surface area contributed by atoms with Crippen LogP contribution >= 0.6 is 11.8 Å². The Bertz CT molecular complexity index is 531. The van der Waals surface area contributed by atoms with E-state index in [0.29, 0.717) is 10.6 Å². The molecule has 0 fully saturated rings. The highest BCUT2D eigenvalue weighted by atomic mass is 32.2. The lowest BCUT2D eigenvalue weighted by Gasteiger charge is -2.22. The molecule has 0 saturated heterocycles. The van der Waals surface area contributed by atoms with Crippen LogP contribution in [0, 0.1) is 26.1 Å². The summed E-state index contributed by atoms with van der Waals surface area (Å²) in [5.74, 6) is 0.0459. The zero-order valence-corrected chi connectivity index (χ0v) is 12.1. The molecular formula is C12H15FN2O4S. The lowest BCUT2D eigenvalue weighted by atomic mass is 9.97. The first-order valence-corrected chi connectivity index (χ1v) is 6.86. The van der Waals surface area contributed by atoms with Crippen LogP contribution in [0.5, 0.6) is 0 Å². The number of benzene rings is 1. The van der Waals surface area contributed by atoms with Crippen LogP contribution in [0.3, 0.4) is 0 Å². The van der Waals surface area contributed by atoms with Crippen molar-refractivity contribution in [2.24, 2.45) is 5.92 Å². The molecule has 1 rings (SSSR count). The maximum Gasteiger partial charge on any atom is 0.289 e.